The summed E-state index contributed by atoms with van der Waals surface area (Å²) in [4.78, 5) is 23.5. The van der Waals surface area contributed by atoms with Crippen LogP contribution in [0.1, 0.15) is 35.2 Å². The molecular weight excluding hydrogens is 254 g/mol. The lowest BCUT2D eigenvalue weighted by Gasteiger charge is -2.07. The molecule has 2 aliphatic rings. The Labute approximate surface area is 118 Å². The van der Waals surface area contributed by atoms with E-state index in [0.717, 1.165) is 31.5 Å². The van der Waals surface area contributed by atoms with Crippen molar-refractivity contribution in [2.45, 2.75) is 31.7 Å². The summed E-state index contributed by atoms with van der Waals surface area (Å²) in [6.07, 6.45) is 3.47. The van der Waals surface area contributed by atoms with Gasteiger partial charge in [-0.2, -0.15) is 0 Å². The topological polar surface area (TPSA) is 70.2 Å². The molecule has 1 fully saturated rings. The molecule has 1 heterocycles. The van der Waals surface area contributed by atoms with E-state index in [1.54, 1.807) is 0 Å². The smallest absolute Gasteiger partial charge is 0.251 e. The van der Waals surface area contributed by atoms with Crippen LogP contribution in [0.3, 0.4) is 0 Å². The first-order chi connectivity index (χ1) is 9.72. The molecule has 0 aromatic heterocycles. The fourth-order valence-electron chi connectivity index (χ4n) is 2.37. The minimum Gasteiger partial charge on any atom is -0.384 e. The van der Waals surface area contributed by atoms with Crippen molar-refractivity contribution in [3.63, 3.8) is 0 Å². The number of nitrogens with one attached hydrogen (secondary N) is 3. The SMILES string of the molecule is O=C(CCNC(=O)c1ccc2c(c1)CCN2)NC1CC1. The molecule has 2 amide bonds. The van der Waals surface area contributed by atoms with Gasteiger partial charge in [-0.3, -0.25) is 9.59 Å². The molecule has 0 unspecified atom stereocenters. The van der Waals surface area contributed by atoms with Crippen LogP contribution < -0.4 is 16.0 Å². The average molecular weight is 273 g/mol. The van der Waals surface area contributed by atoms with Crippen molar-refractivity contribution < 1.29 is 9.59 Å². The lowest BCUT2D eigenvalue weighted by molar-refractivity contribution is -0.121. The molecule has 20 heavy (non-hydrogen) atoms. The van der Waals surface area contributed by atoms with Crippen molar-refractivity contribution in [1.29, 1.82) is 0 Å². The van der Waals surface area contributed by atoms with Crippen molar-refractivity contribution in [2.24, 2.45) is 0 Å². The molecule has 1 aliphatic heterocycles. The van der Waals surface area contributed by atoms with Gasteiger partial charge in [0.1, 0.15) is 0 Å². The molecule has 0 saturated heterocycles. The third-order valence-electron chi connectivity index (χ3n) is 3.66. The monoisotopic (exact) mass is 273 g/mol. The van der Waals surface area contributed by atoms with Gasteiger partial charge in [0.2, 0.25) is 5.91 Å². The van der Waals surface area contributed by atoms with Crippen LogP contribution in [0, 0.1) is 0 Å². The highest BCUT2D eigenvalue weighted by Gasteiger charge is 2.22. The van der Waals surface area contributed by atoms with E-state index >= 15 is 0 Å². The standard InChI is InChI=1S/C15H19N3O2/c19-14(18-12-2-3-12)6-8-17-15(20)11-1-4-13-10(9-11)5-7-16-13/h1,4,9,12,16H,2-3,5-8H2,(H,17,20)(H,18,19). The second-order valence-electron chi connectivity index (χ2n) is 5.40. The van der Waals surface area contributed by atoms with Gasteiger partial charge in [-0.05, 0) is 43.0 Å². The van der Waals surface area contributed by atoms with Crippen LogP contribution in [0.4, 0.5) is 5.69 Å². The predicted octanol–water partition coefficient (Wildman–Crippen LogP) is 1.05. The predicted molar refractivity (Wildman–Crippen MR) is 76.8 cm³/mol. The van der Waals surface area contributed by atoms with Gasteiger partial charge >= 0.3 is 0 Å². The summed E-state index contributed by atoms with van der Waals surface area (Å²) in [5.74, 6) is -0.0927. The average Bonchev–Trinajstić information content (AvgIpc) is 3.12. The summed E-state index contributed by atoms with van der Waals surface area (Å²) in [6.45, 7) is 1.31. The minimum absolute atomic E-state index is 0.0194. The number of rotatable bonds is 5. The fraction of sp³-hybridized carbons (Fsp3) is 0.467. The zero-order chi connectivity index (χ0) is 13.9. The molecule has 0 atom stereocenters. The first-order valence-corrected chi connectivity index (χ1v) is 7.17. The summed E-state index contributed by atoms with van der Waals surface area (Å²) < 4.78 is 0. The third kappa shape index (κ3) is 3.10. The highest BCUT2D eigenvalue weighted by atomic mass is 16.2. The van der Waals surface area contributed by atoms with Crippen molar-refractivity contribution in [3.05, 3.63) is 29.3 Å². The largest absolute Gasteiger partial charge is 0.384 e. The number of carbonyl (C=O) groups excluding carboxylic acids is 2. The Kier molecular flexibility index (Phi) is 3.58. The lowest BCUT2D eigenvalue weighted by atomic mass is 10.1. The fourth-order valence-corrected chi connectivity index (χ4v) is 2.37. The highest BCUT2D eigenvalue weighted by Crippen LogP contribution is 2.22. The molecule has 1 aliphatic carbocycles. The number of hydrogen-bond acceptors (Lipinski definition) is 3. The molecule has 0 spiro atoms. The van der Waals surface area contributed by atoms with Crippen LogP contribution in [0.15, 0.2) is 18.2 Å². The molecule has 106 valence electrons. The van der Waals surface area contributed by atoms with Crippen molar-refractivity contribution in [2.75, 3.05) is 18.4 Å². The van der Waals surface area contributed by atoms with Gasteiger partial charge in [-0.25, -0.2) is 0 Å². The Morgan fingerprint density at radius 2 is 2.15 bits per heavy atom. The zero-order valence-electron chi connectivity index (χ0n) is 11.4. The molecule has 5 nitrogen and oxygen atoms in total. The molecule has 3 N–H and O–H groups in total. The van der Waals surface area contributed by atoms with Crippen LogP contribution in [0.25, 0.3) is 0 Å². The quantitative estimate of drug-likeness (QED) is 0.751. The second kappa shape index (κ2) is 5.53. The lowest BCUT2D eigenvalue weighted by Crippen LogP contribution is -2.31. The second-order valence-corrected chi connectivity index (χ2v) is 5.40. The van der Waals surface area contributed by atoms with Crippen LogP contribution >= 0.6 is 0 Å². The van der Waals surface area contributed by atoms with E-state index in [1.165, 1.54) is 5.56 Å². The molecule has 1 saturated carbocycles. The Morgan fingerprint density at radius 1 is 1.30 bits per heavy atom. The van der Waals surface area contributed by atoms with E-state index in [1.807, 2.05) is 18.2 Å². The Balaban J connectivity index is 1.47. The van der Waals surface area contributed by atoms with Crippen LogP contribution in [-0.4, -0.2) is 30.9 Å². The maximum absolute atomic E-state index is 12.0. The molecule has 3 rings (SSSR count). The molecular formula is C15H19N3O2. The summed E-state index contributed by atoms with van der Waals surface area (Å²) in [7, 11) is 0. The van der Waals surface area contributed by atoms with E-state index in [9.17, 15) is 9.59 Å². The normalized spacial score (nSPS) is 16.2. The maximum Gasteiger partial charge on any atom is 0.251 e. The summed E-state index contributed by atoms with van der Waals surface area (Å²) in [5.41, 5.74) is 2.96. The number of benzene rings is 1. The Hall–Kier alpha value is -2.04. The molecule has 1 aromatic rings. The highest BCUT2D eigenvalue weighted by molar-refractivity contribution is 5.95. The van der Waals surface area contributed by atoms with Gasteiger partial charge in [0.25, 0.3) is 5.91 Å². The van der Waals surface area contributed by atoms with Crippen molar-refractivity contribution in [1.82, 2.24) is 10.6 Å². The van der Waals surface area contributed by atoms with Gasteiger partial charge in [0.15, 0.2) is 0 Å². The number of carbonyl (C=O) groups is 2. The molecule has 5 heteroatoms. The molecule has 1 aromatic carbocycles. The molecule has 0 bridgehead atoms. The first kappa shape index (κ1) is 13.0. The number of anilines is 1. The van der Waals surface area contributed by atoms with Crippen molar-refractivity contribution >= 4 is 17.5 Å². The van der Waals surface area contributed by atoms with Crippen LogP contribution in [0.2, 0.25) is 0 Å². The van der Waals surface area contributed by atoms with Gasteiger partial charge in [0.05, 0.1) is 0 Å². The van der Waals surface area contributed by atoms with Gasteiger partial charge in [0, 0.05) is 36.8 Å². The Morgan fingerprint density at radius 3 is 2.95 bits per heavy atom. The first-order valence-electron chi connectivity index (χ1n) is 7.17. The van der Waals surface area contributed by atoms with Gasteiger partial charge in [-0.15, -0.1) is 0 Å². The van der Waals surface area contributed by atoms with E-state index < -0.39 is 0 Å². The molecule has 0 radical (unpaired) electrons. The Bertz CT molecular complexity index is 538. The van der Waals surface area contributed by atoms with E-state index in [0.29, 0.717) is 24.6 Å². The summed E-state index contributed by atoms with van der Waals surface area (Å²) in [5, 5.41) is 8.96. The van der Waals surface area contributed by atoms with Crippen LogP contribution in [-0.2, 0) is 11.2 Å². The third-order valence-corrected chi connectivity index (χ3v) is 3.66. The van der Waals surface area contributed by atoms with E-state index in [4.69, 9.17) is 0 Å². The van der Waals surface area contributed by atoms with Crippen molar-refractivity contribution in [3.8, 4) is 0 Å². The summed E-state index contributed by atoms with van der Waals surface area (Å²) in [6, 6.07) is 6.06. The number of fused-ring (bicyclic) bond motifs is 1. The van der Waals surface area contributed by atoms with Gasteiger partial charge < -0.3 is 16.0 Å². The minimum atomic E-state index is -0.112. The van der Waals surface area contributed by atoms with Gasteiger partial charge in [-0.1, -0.05) is 0 Å². The van der Waals surface area contributed by atoms with Crippen LogP contribution in [0.5, 0.6) is 0 Å². The summed E-state index contributed by atoms with van der Waals surface area (Å²) >= 11 is 0. The van der Waals surface area contributed by atoms with E-state index in [2.05, 4.69) is 16.0 Å². The van der Waals surface area contributed by atoms with E-state index in [-0.39, 0.29) is 11.8 Å². The number of amides is 2. The zero-order valence-corrected chi connectivity index (χ0v) is 11.4. The number of hydrogen-bond donors (Lipinski definition) is 3. The maximum atomic E-state index is 12.0.